The number of halogens is 1. The molecular formula is C10H8ClNO2S2. The summed E-state index contributed by atoms with van der Waals surface area (Å²) in [6.07, 6.45) is 0. The fourth-order valence-electron chi connectivity index (χ4n) is 1.29. The predicted octanol–water partition coefficient (Wildman–Crippen LogP) is 2.82. The van der Waals surface area contributed by atoms with Crippen molar-refractivity contribution in [2.75, 3.05) is 5.73 Å². The Hall–Kier alpha value is -1.04. The molecule has 16 heavy (non-hydrogen) atoms. The lowest BCUT2D eigenvalue weighted by molar-refractivity contribution is 0.598. The molecule has 1 aromatic carbocycles. The number of benzene rings is 1. The van der Waals surface area contributed by atoms with E-state index in [0.717, 1.165) is 11.3 Å². The Morgan fingerprint density at radius 1 is 1.25 bits per heavy atom. The van der Waals surface area contributed by atoms with Crippen LogP contribution in [0.25, 0.3) is 0 Å². The van der Waals surface area contributed by atoms with Crippen LogP contribution in [0.1, 0.15) is 0 Å². The molecule has 2 N–H and O–H groups in total. The molecule has 0 amide bonds. The first-order chi connectivity index (χ1) is 7.51. The number of nitrogens with two attached hydrogens (primary N) is 1. The van der Waals surface area contributed by atoms with E-state index >= 15 is 0 Å². The zero-order chi connectivity index (χ0) is 11.8. The molecule has 0 saturated heterocycles. The van der Waals surface area contributed by atoms with Crippen LogP contribution in [0.3, 0.4) is 0 Å². The van der Waals surface area contributed by atoms with E-state index in [0.29, 0.717) is 5.02 Å². The van der Waals surface area contributed by atoms with Crippen LogP contribution in [-0.2, 0) is 9.84 Å². The third kappa shape index (κ3) is 1.93. The van der Waals surface area contributed by atoms with E-state index in [4.69, 9.17) is 17.3 Å². The second kappa shape index (κ2) is 4.08. The van der Waals surface area contributed by atoms with Crippen LogP contribution < -0.4 is 5.73 Å². The number of rotatable bonds is 2. The van der Waals surface area contributed by atoms with Crippen LogP contribution >= 0.6 is 22.9 Å². The van der Waals surface area contributed by atoms with Gasteiger partial charge in [-0.25, -0.2) is 8.42 Å². The molecule has 1 aromatic heterocycles. The van der Waals surface area contributed by atoms with Crippen molar-refractivity contribution < 1.29 is 8.42 Å². The molecular weight excluding hydrogens is 266 g/mol. The van der Waals surface area contributed by atoms with E-state index in [2.05, 4.69) is 0 Å². The average Bonchev–Trinajstić information content (AvgIpc) is 2.69. The van der Waals surface area contributed by atoms with Gasteiger partial charge in [-0.3, -0.25) is 0 Å². The molecule has 0 spiro atoms. The molecule has 0 bridgehead atoms. The second-order valence-corrected chi connectivity index (χ2v) is 6.65. The van der Waals surface area contributed by atoms with Crippen LogP contribution in [0.2, 0.25) is 5.02 Å². The summed E-state index contributed by atoms with van der Waals surface area (Å²) in [5.74, 6) is 0. The molecule has 0 saturated carbocycles. The molecule has 0 aliphatic rings. The minimum Gasteiger partial charge on any atom is -0.398 e. The van der Waals surface area contributed by atoms with Crippen LogP contribution in [-0.4, -0.2) is 8.42 Å². The summed E-state index contributed by atoms with van der Waals surface area (Å²) in [7, 11) is -3.51. The monoisotopic (exact) mass is 273 g/mol. The first-order valence-electron chi connectivity index (χ1n) is 4.35. The van der Waals surface area contributed by atoms with Gasteiger partial charge < -0.3 is 5.73 Å². The zero-order valence-corrected chi connectivity index (χ0v) is 10.4. The van der Waals surface area contributed by atoms with E-state index < -0.39 is 9.84 Å². The maximum atomic E-state index is 12.1. The standard InChI is InChI=1S/C10H8ClNO2S2/c11-7-3-4-9(8(12)6-7)16(13,14)10-2-1-5-15-10/h1-6H,12H2. The van der Waals surface area contributed by atoms with Gasteiger partial charge in [0.05, 0.1) is 10.6 Å². The minimum absolute atomic E-state index is 0.0966. The molecule has 2 rings (SSSR count). The topological polar surface area (TPSA) is 60.2 Å². The highest BCUT2D eigenvalue weighted by molar-refractivity contribution is 7.93. The molecule has 0 atom stereocenters. The van der Waals surface area contributed by atoms with Crippen LogP contribution in [0.5, 0.6) is 0 Å². The number of hydrogen-bond acceptors (Lipinski definition) is 4. The number of nitrogen functional groups attached to an aromatic ring is 1. The van der Waals surface area contributed by atoms with Crippen molar-refractivity contribution in [2.45, 2.75) is 9.10 Å². The Labute approximate surface area is 102 Å². The van der Waals surface area contributed by atoms with Crippen molar-refractivity contribution in [3.8, 4) is 0 Å². The number of thiophene rings is 1. The fourth-order valence-corrected chi connectivity index (χ4v) is 3.95. The summed E-state index contributed by atoms with van der Waals surface area (Å²) in [4.78, 5) is 0.0966. The molecule has 1 heterocycles. The van der Waals surface area contributed by atoms with Crippen molar-refractivity contribution in [3.63, 3.8) is 0 Å². The second-order valence-electron chi connectivity index (χ2n) is 3.12. The van der Waals surface area contributed by atoms with E-state index in [1.54, 1.807) is 17.5 Å². The van der Waals surface area contributed by atoms with Gasteiger partial charge in [-0.05, 0) is 29.6 Å². The van der Waals surface area contributed by atoms with Gasteiger partial charge in [0.2, 0.25) is 9.84 Å². The van der Waals surface area contributed by atoms with E-state index in [1.807, 2.05) is 0 Å². The Balaban J connectivity index is 2.61. The van der Waals surface area contributed by atoms with Gasteiger partial charge in [0.15, 0.2) is 0 Å². The van der Waals surface area contributed by atoms with Crippen molar-refractivity contribution in [1.29, 1.82) is 0 Å². The molecule has 0 aliphatic carbocycles. The van der Waals surface area contributed by atoms with Crippen LogP contribution in [0.15, 0.2) is 44.8 Å². The van der Waals surface area contributed by atoms with Gasteiger partial charge in [-0.1, -0.05) is 17.7 Å². The average molecular weight is 274 g/mol. The summed E-state index contributed by atoms with van der Waals surface area (Å²) in [5, 5.41) is 2.13. The largest absolute Gasteiger partial charge is 0.398 e. The molecule has 6 heteroatoms. The molecule has 3 nitrogen and oxygen atoms in total. The highest BCUT2D eigenvalue weighted by Gasteiger charge is 2.21. The van der Waals surface area contributed by atoms with Crippen molar-refractivity contribution in [1.82, 2.24) is 0 Å². The van der Waals surface area contributed by atoms with Gasteiger partial charge in [-0.15, -0.1) is 11.3 Å². The van der Waals surface area contributed by atoms with Gasteiger partial charge in [0.25, 0.3) is 0 Å². The molecule has 0 fully saturated rings. The molecule has 2 aromatic rings. The van der Waals surface area contributed by atoms with Gasteiger partial charge >= 0.3 is 0 Å². The van der Waals surface area contributed by atoms with Crippen molar-refractivity contribution in [3.05, 3.63) is 40.7 Å². The van der Waals surface area contributed by atoms with Crippen LogP contribution in [0, 0.1) is 0 Å². The summed E-state index contributed by atoms with van der Waals surface area (Å²) >= 11 is 6.88. The Morgan fingerprint density at radius 3 is 2.56 bits per heavy atom. The minimum atomic E-state index is -3.51. The molecule has 0 unspecified atom stereocenters. The normalized spacial score (nSPS) is 11.6. The molecule has 0 radical (unpaired) electrons. The van der Waals surface area contributed by atoms with Crippen molar-refractivity contribution in [2.24, 2.45) is 0 Å². The Bertz CT molecular complexity index is 606. The van der Waals surface area contributed by atoms with E-state index in [1.165, 1.54) is 18.2 Å². The summed E-state index contributed by atoms with van der Waals surface area (Å²) < 4.78 is 24.5. The lowest BCUT2D eigenvalue weighted by atomic mass is 10.3. The summed E-state index contributed by atoms with van der Waals surface area (Å²) in [6.45, 7) is 0. The van der Waals surface area contributed by atoms with Crippen molar-refractivity contribution >= 4 is 38.5 Å². The van der Waals surface area contributed by atoms with Gasteiger partial charge in [0, 0.05) is 5.02 Å². The highest BCUT2D eigenvalue weighted by atomic mass is 35.5. The Morgan fingerprint density at radius 2 is 2.00 bits per heavy atom. The quantitative estimate of drug-likeness (QED) is 0.856. The fraction of sp³-hybridized carbons (Fsp3) is 0. The number of hydrogen-bond donors (Lipinski definition) is 1. The SMILES string of the molecule is Nc1cc(Cl)ccc1S(=O)(=O)c1cccs1. The molecule has 0 aliphatic heterocycles. The number of anilines is 1. The van der Waals surface area contributed by atoms with Gasteiger partial charge in [0.1, 0.15) is 4.21 Å². The highest BCUT2D eigenvalue weighted by Crippen LogP contribution is 2.30. The predicted molar refractivity (Wildman–Crippen MR) is 65.6 cm³/mol. The van der Waals surface area contributed by atoms with E-state index in [9.17, 15) is 8.42 Å². The Kier molecular flexibility index (Phi) is 2.92. The third-order valence-electron chi connectivity index (χ3n) is 2.02. The maximum absolute atomic E-state index is 12.1. The third-order valence-corrected chi connectivity index (χ3v) is 5.48. The van der Waals surface area contributed by atoms with Gasteiger partial charge in [-0.2, -0.15) is 0 Å². The first-order valence-corrected chi connectivity index (χ1v) is 7.09. The smallest absolute Gasteiger partial charge is 0.217 e. The summed E-state index contributed by atoms with van der Waals surface area (Å²) in [6, 6.07) is 7.60. The molecule has 84 valence electrons. The van der Waals surface area contributed by atoms with E-state index in [-0.39, 0.29) is 14.8 Å². The number of sulfone groups is 1. The zero-order valence-electron chi connectivity index (χ0n) is 8.05. The lowest BCUT2D eigenvalue weighted by Gasteiger charge is -2.05. The lowest BCUT2D eigenvalue weighted by Crippen LogP contribution is -2.03. The summed E-state index contributed by atoms with van der Waals surface area (Å²) in [5.41, 5.74) is 5.82. The first kappa shape index (κ1) is 11.4. The van der Waals surface area contributed by atoms with Crippen LogP contribution in [0.4, 0.5) is 5.69 Å². The maximum Gasteiger partial charge on any atom is 0.217 e.